The highest BCUT2D eigenvalue weighted by Crippen LogP contribution is 2.35. The highest BCUT2D eigenvalue weighted by Gasteiger charge is 2.28. The van der Waals surface area contributed by atoms with Crippen LogP contribution < -0.4 is 0 Å². The first-order chi connectivity index (χ1) is 10.5. The smallest absolute Gasteiger partial charge is 0.396 e. The zero-order valence-electron chi connectivity index (χ0n) is 11.7. The molecule has 0 bridgehead atoms. The van der Waals surface area contributed by atoms with Crippen LogP contribution in [-0.2, 0) is 9.84 Å². The third kappa shape index (κ3) is 4.22. The Kier molecular flexibility index (Phi) is 4.39. The summed E-state index contributed by atoms with van der Waals surface area (Å²) in [6.45, 7) is 0. The minimum absolute atomic E-state index is 0.0141. The molecule has 0 aliphatic carbocycles. The van der Waals surface area contributed by atoms with Crippen LogP contribution in [0, 0.1) is 12.2 Å². The van der Waals surface area contributed by atoms with E-state index in [0.29, 0.717) is 0 Å². The maximum Gasteiger partial charge on any atom is 0.396 e. The van der Waals surface area contributed by atoms with Gasteiger partial charge in [-0.05, 0) is 29.8 Å². The second-order valence-corrected chi connectivity index (χ2v) is 6.89. The van der Waals surface area contributed by atoms with Crippen molar-refractivity contribution in [1.29, 1.82) is 0 Å². The van der Waals surface area contributed by atoms with Crippen molar-refractivity contribution in [2.75, 3.05) is 6.26 Å². The molecule has 1 N–H and O–H groups in total. The lowest BCUT2D eigenvalue weighted by molar-refractivity contribution is -0.0927. The van der Waals surface area contributed by atoms with Crippen LogP contribution in [0.2, 0.25) is 0 Å². The first-order valence-corrected chi connectivity index (χ1v) is 8.12. The second-order valence-electron chi connectivity index (χ2n) is 4.88. The second kappa shape index (κ2) is 5.84. The molecule has 0 aliphatic heterocycles. The van der Waals surface area contributed by atoms with E-state index >= 15 is 0 Å². The van der Waals surface area contributed by atoms with Gasteiger partial charge in [-0.1, -0.05) is 12.1 Å². The molecular weight excluding hydrogens is 336 g/mol. The summed E-state index contributed by atoms with van der Waals surface area (Å²) in [5, 5.41) is 9.86. The third-order valence-electron chi connectivity index (χ3n) is 3.01. The van der Waals surface area contributed by atoms with Gasteiger partial charge in [0.2, 0.25) is 0 Å². The summed E-state index contributed by atoms with van der Waals surface area (Å²) in [7, 11) is -3.60. The monoisotopic (exact) mass is 347 g/mol. The van der Waals surface area contributed by atoms with Gasteiger partial charge in [0.25, 0.3) is 0 Å². The summed E-state index contributed by atoms with van der Waals surface area (Å²) in [4.78, 5) is -0.167. The summed E-state index contributed by atoms with van der Waals surface area (Å²) in [6.07, 6.45) is -3.64. The molecule has 0 spiro atoms. The van der Waals surface area contributed by atoms with Gasteiger partial charge in [-0.3, -0.25) is 0 Å². The van der Waals surface area contributed by atoms with Gasteiger partial charge in [0.1, 0.15) is 11.6 Å². The van der Waals surface area contributed by atoms with Gasteiger partial charge in [-0.2, -0.15) is 13.2 Å². The lowest BCUT2D eigenvalue weighted by Gasteiger charge is -2.11. The number of aromatic hydroxyl groups is 1. The lowest BCUT2D eigenvalue weighted by Crippen LogP contribution is -2.08. The summed E-state index contributed by atoms with van der Waals surface area (Å²) >= 11 is 0. The maximum absolute atomic E-state index is 13.9. The quantitative estimate of drug-likeness (QED) is 0.680. The molecule has 0 saturated heterocycles. The molecule has 2 aromatic carbocycles. The number of benzene rings is 2. The average Bonchev–Trinajstić information content (AvgIpc) is 2.37. The first kappa shape index (κ1) is 17.3. The molecule has 0 aromatic heterocycles. The van der Waals surface area contributed by atoms with Crippen molar-refractivity contribution >= 4 is 9.84 Å². The van der Waals surface area contributed by atoms with Crippen LogP contribution in [0.15, 0.2) is 41.3 Å². The number of hydrogen-bond acceptors (Lipinski definition) is 3. The highest BCUT2D eigenvalue weighted by atomic mass is 32.2. The Morgan fingerprint density at radius 3 is 2.22 bits per heavy atom. The van der Waals surface area contributed by atoms with E-state index in [2.05, 4.69) is 0 Å². The molecule has 0 aliphatic rings. The molecule has 2 rings (SSSR count). The Bertz CT molecular complexity index is 842. The fraction of sp³-hybridized carbons (Fsp3) is 0.133. The van der Waals surface area contributed by atoms with Crippen molar-refractivity contribution < 1.29 is 31.1 Å². The van der Waals surface area contributed by atoms with Gasteiger partial charge in [0.15, 0.2) is 9.84 Å². The molecule has 0 atom stereocenters. The average molecular weight is 347 g/mol. The molecule has 3 nitrogen and oxygen atoms in total. The molecular formula is C15H11F4O3S. The predicted molar refractivity (Wildman–Crippen MR) is 76.1 cm³/mol. The van der Waals surface area contributed by atoms with Gasteiger partial charge in [0, 0.05) is 17.4 Å². The maximum atomic E-state index is 13.9. The van der Waals surface area contributed by atoms with Crippen molar-refractivity contribution in [2.24, 2.45) is 0 Å². The Balaban J connectivity index is 2.51. The standard InChI is InChI=1S/C15H11F4O3S/c1-23(21,22)10-3-5-13(16)12(7-10)11-4-2-9(6-14(11)20)8-15(17,18)19/h2-8,20H,1H3. The first-order valence-electron chi connectivity index (χ1n) is 6.23. The highest BCUT2D eigenvalue weighted by molar-refractivity contribution is 7.90. The molecule has 2 aromatic rings. The van der Waals surface area contributed by atoms with Gasteiger partial charge in [-0.25, -0.2) is 12.8 Å². The number of hydrogen-bond donors (Lipinski definition) is 1. The Morgan fingerprint density at radius 1 is 1.04 bits per heavy atom. The van der Waals surface area contributed by atoms with Crippen LogP contribution in [0.5, 0.6) is 5.75 Å². The normalized spacial score (nSPS) is 12.4. The Labute approximate surface area is 130 Å². The summed E-state index contributed by atoms with van der Waals surface area (Å²) in [6, 6.07) is 5.98. The number of sulfone groups is 1. The van der Waals surface area contributed by atoms with E-state index in [1.165, 1.54) is 0 Å². The van der Waals surface area contributed by atoms with E-state index in [1.54, 1.807) is 0 Å². The minimum atomic E-state index is -4.56. The molecule has 123 valence electrons. The fourth-order valence-corrected chi connectivity index (χ4v) is 2.64. The molecule has 0 fully saturated rings. The topological polar surface area (TPSA) is 54.4 Å². The largest absolute Gasteiger partial charge is 0.507 e. The van der Waals surface area contributed by atoms with E-state index in [9.17, 15) is 31.1 Å². The molecule has 8 heteroatoms. The van der Waals surface area contributed by atoms with Crippen molar-refractivity contribution in [3.63, 3.8) is 0 Å². The van der Waals surface area contributed by atoms with Crippen molar-refractivity contribution in [2.45, 2.75) is 11.1 Å². The van der Waals surface area contributed by atoms with Crippen molar-refractivity contribution in [1.82, 2.24) is 0 Å². The van der Waals surface area contributed by atoms with E-state index in [1.807, 2.05) is 0 Å². The van der Waals surface area contributed by atoms with E-state index < -0.39 is 27.6 Å². The summed E-state index contributed by atoms with van der Waals surface area (Å²) in [5.41, 5.74) is -0.630. The Morgan fingerprint density at radius 2 is 1.70 bits per heavy atom. The summed E-state index contributed by atoms with van der Waals surface area (Å²) < 4.78 is 73.8. The van der Waals surface area contributed by atoms with E-state index in [-0.39, 0.29) is 28.0 Å². The number of phenolic OH excluding ortho intramolecular Hbond substituents is 1. The van der Waals surface area contributed by atoms with Gasteiger partial charge in [0.05, 0.1) is 11.3 Å². The molecule has 0 heterocycles. The van der Waals surface area contributed by atoms with Gasteiger partial charge >= 0.3 is 6.18 Å². The van der Waals surface area contributed by atoms with Crippen molar-refractivity contribution in [3.8, 4) is 16.9 Å². The van der Waals surface area contributed by atoms with E-state index in [4.69, 9.17) is 0 Å². The third-order valence-corrected chi connectivity index (χ3v) is 4.12. The number of halogens is 4. The van der Waals surface area contributed by atoms with Gasteiger partial charge < -0.3 is 5.11 Å². The van der Waals surface area contributed by atoms with Crippen LogP contribution >= 0.6 is 0 Å². The van der Waals surface area contributed by atoms with Crippen molar-refractivity contribution in [3.05, 3.63) is 54.2 Å². The molecule has 23 heavy (non-hydrogen) atoms. The minimum Gasteiger partial charge on any atom is -0.507 e. The SMILES string of the molecule is CS(=O)(=O)c1ccc(F)c(-c2ccc([CH]C(F)(F)F)cc2O)c1. The zero-order chi connectivity index (χ0) is 17.4. The van der Waals surface area contributed by atoms with Crippen LogP contribution in [0.3, 0.4) is 0 Å². The summed E-state index contributed by atoms with van der Waals surface area (Å²) in [5.74, 6) is -1.40. The number of rotatable bonds is 3. The molecule has 0 amide bonds. The predicted octanol–water partition coefficient (Wildman–Crippen LogP) is 3.72. The van der Waals surface area contributed by atoms with Crippen LogP contribution in [0.25, 0.3) is 11.1 Å². The lowest BCUT2D eigenvalue weighted by atomic mass is 10.0. The van der Waals surface area contributed by atoms with Crippen LogP contribution in [0.4, 0.5) is 17.6 Å². The molecule has 1 radical (unpaired) electrons. The number of alkyl halides is 3. The van der Waals surface area contributed by atoms with Crippen LogP contribution in [0.1, 0.15) is 5.56 Å². The number of phenols is 1. The Hall–Kier alpha value is -2.09. The zero-order valence-corrected chi connectivity index (χ0v) is 12.5. The van der Waals surface area contributed by atoms with Crippen LogP contribution in [-0.4, -0.2) is 26.0 Å². The van der Waals surface area contributed by atoms with E-state index in [0.717, 1.165) is 42.7 Å². The fourth-order valence-electron chi connectivity index (χ4n) is 2.00. The molecule has 0 unspecified atom stereocenters. The molecule has 0 saturated carbocycles. The van der Waals surface area contributed by atoms with Gasteiger partial charge in [-0.15, -0.1) is 0 Å².